The van der Waals surface area contributed by atoms with E-state index in [9.17, 15) is 14.4 Å². The van der Waals surface area contributed by atoms with Crippen LogP contribution >= 0.6 is 0 Å². The van der Waals surface area contributed by atoms with E-state index in [1.807, 2.05) is 90.7 Å². The number of benzene rings is 5. The average molecular weight is 637 g/mol. The quantitative estimate of drug-likeness (QED) is 0.170. The van der Waals surface area contributed by atoms with Crippen molar-refractivity contribution in [2.45, 2.75) is 46.3 Å². The fourth-order valence-corrected chi connectivity index (χ4v) is 6.59. The summed E-state index contributed by atoms with van der Waals surface area (Å²) in [6, 6.07) is 30.7. The van der Waals surface area contributed by atoms with Gasteiger partial charge in [-0.2, -0.15) is 0 Å². The van der Waals surface area contributed by atoms with Gasteiger partial charge in [-0.25, -0.2) is 4.79 Å². The number of nitrogens with zero attached hydrogens (tertiary/aromatic N) is 1. The van der Waals surface area contributed by atoms with Crippen LogP contribution in [0.15, 0.2) is 97.1 Å². The summed E-state index contributed by atoms with van der Waals surface area (Å²) < 4.78 is 5.40. The lowest BCUT2D eigenvalue weighted by molar-refractivity contribution is 0.0990. The summed E-state index contributed by atoms with van der Waals surface area (Å²) in [5.74, 6) is -0.573. The van der Waals surface area contributed by atoms with Crippen LogP contribution in [0.1, 0.15) is 63.7 Å². The van der Waals surface area contributed by atoms with Crippen LogP contribution < -0.4 is 16.0 Å². The number of carbonyl (C=O) groups excluding carboxylic acids is 3. The number of fused-ring (bicyclic) bond motifs is 4. The lowest BCUT2D eigenvalue weighted by Crippen LogP contribution is -2.24. The molecule has 0 fully saturated rings. The first kappa shape index (κ1) is 30.7. The van der Waals surface area contributed by atoms with E-state index in [1.54, 1.807) is 12.1 Å². The number of nitrogens with two attached hydrogens (primary N) is 1. The van der Waals surface area contributed by atoms with Crippen LogP contribution in [0.4, 0.5) is 16.2 Å². The number of H-pyrrole nitrogens is 1. The largest absolute Gasteiger partial charge is 0.444 e. The van der Waals surface area contributed by atoms with Gasteiger partial charge in [0.1, 0.15) is 6.61 Å². The van der Waals surface area contributed by atoms with Gasteiger partial charge in [-0.15, -0.1) is 0 Å². The summed E-state index contributed by atoms with van der Waals surface area (Å²) in [6.45, 7) is 9.18. The third kappa shape index (κ3) is 5.45. The predicted molar refractivity (Wildman–Crippen MR) is 190 cm³/mol. The van der Waals surface area contributed by atoms with E-state index >= 15 is 0 Å². The Morgan fingerprint density at radius 3 is 2.42 bits per heavy atom. The number of aromatic nitrogens is 1. The fraction of sp³-hybridized carbons (Fsp3) is 0.175. The third-order valence-electron chi connectivity index (χ3n) is 9.14. The first-order chi connectivity index (χ1) is 23.0. The average Bonchev–Trinajstić information content (AvgIpc) is 3.60. The van der Waals surface area contributed by atoms with E-state index in [4.69, 9.17) is 10.5 Å². The molecule has 0 atom stereocenters. The molecule has 3 amide bonds. The molecule has 1 aliphatic rings. The van der Waals surface area contributed by atoms with E-state index in [0.29, 0.717) is 23.3 Å². The molecule has 8 nitrogen and oxygen atoms in total. The number of hydrogen-bond donors (Lipinski definition) is 3. The van der Waals surface area contributed by atoms with Gasteiger partial charge in [-0.05, 0) is 76.1 Å². The smallest absolute Gasteiger partial charge is 0.411 e. The van der Waals surface area contributed by atoms with Crippen molar-refractivity contribution >= 4 is 51.1 Å². The third-order valence-corrected chi connectivity index (χ3v) is 9.14. The van der Waals surface area contributed by atoms with Crippen molar-refractivity contribution in [3.8, 4) is 11.1 Å². The van der Waals surface area contributed by atoms with Gasteiger partial charge in [-0.1, -0.05) is 87.5 Å². The van der Waals surface area contributed by atoms with Crippen LogP contribution in [0, 0.1) is 6.92 Å². The minimum Gasteiger partial charge on any atom is -0.444 e. The van der Waals surface area contributed by atoms with Crippen LogP contribution in [0.25, 0.3) is 32.9 Å². The van der Waals surface area contributed by atoms with Gasteiger partial charge in [0.2, 0.25) is 0 Å². The molecule has 6 aromatic rings. The highest BCUT2D eigenvalue weighted by molar-refractivity contribution is 6.20. The van der Waals surface area contributed by atoms with E-state index in [2.05, 4.69) is 37.1 Å². The number of hydrogen-bond acceptors (Lipinski definition) is 4. The van der Waals surface area contributed by atoms with Crippen molar-refractivity contribution in [3.05, 3.63) is 130 Å². The molecule has 0 radical (unpaired) electrons. The van der Waals surface area contributed by atoms with Crippen LogP contribution in [-0.2, 0) is 23.3 Å². The van der Waals surface area contributed by atoms with Crippen LogP contribution in [0.5, 0.6) is 0 Å². The van der Waals surface area contributed by atoms with Crippen molar-refractivity contribution in [1.82, 2.24) is 4.98 Å². The highest BCUT2D eigenvalue weighted by Gasteiger charge is 2.31. The predicted octanol–water partition coefficient (Wildman–Crippen LogP) is 8.60. The Labute approximate surface area is 278 Å². The monoisotopic (exact) mass is 636 g/mol. The van der Waals surface area contributed by atoms with Crippen molar-refractivity contribution in [2.75, 3.05) is 10.2 Å². The van der Waals surface area contributed by atoms with Crippen LogP contribution in [0.3, 0.4) is 0 Å². The van der Waals surface area contributed by atoms with Crippen LogP contribution in [-0.4, -0.2) is 22.9 Å². The summed E-state index contributed by atoms with van der Waals surface area (Å²) in [5.41, 5.74) is 15.4. The van der Waals surface area contributed by atoms with Crippen molar-refractivity contribution in [1.29, 1.82) is 0 Å². The Balaban J connectivity index is 1.25. The molecule has 0 saturated heterocycles. The number of aromatic amines is 1. The molecule has 0 spiro atoms. The van der Waals surface area contributed by atoms with E-state index in [1.165, 1.54) is 5.56 Å². The maximum absolute atomic E-state index is 13.7. The molecule has 240 valence electrons. The van der Waals surface area contributed by atoms with Crippen molar-refractivity contribution in [2.24, 2.45) is 5.73 Å². The van der Waals surface area contributed by atoms with Crippen molar-refractivity contribution < 1.29 is 19.1 Å². The van der Waals surface area contributed by atoms with Gasteiger partial charge in [0.15, 0.2) is 0 Å². The molecule has 5 aromatic carbocycles. The Morgan fingerprint density at radius 1 is 0.896 bits per heavy atom. The minimum atomic E-state index is -0.575. The molecule has 0 aliphatic carbocycles. The van der Waals surface area contributed by atoms with E-state index in [-0.39, 0.29) is 17.9 Å². The van der Waals surface area contributed by atoms with E-state index < -0.39 is 12.0 Å². The highest BCUT2D eigenvalue weighted by Crippen LogP contribution is 2.42. The summed E-state index contributed by atoms with van der Waals surface area (Å²) in [4.78, 5) is 44.0. The molecule has 7 rings (SSSR count). The van der Waals surface area contributed by atoms with Gasteiger partial charge >= 0.3 is 6.09 Å². The maximum Gasteiger partial charge on any atom is 0.411 e. The maximum atomic E-state index is 13.7. The molecule has 4 N–H and O–H groups in total. The highest BCUT2D eigenvalue weighted by atomic mass is 16.5. The van der Waals surface area contributed by atoms with Gasteiger partial charge in [0.05, 0.1) is 17.6 Å². The second-order valence-electron chi connectivity index (χ2n) is 13.3. The zero-order valence-electron chi connectivity index (χ0n) is 27.3. The Morgan fingerprint density at radius 2 is 1.67 bits per heavy atom. The van der Waals surface area contributed by atoms with Crippen molar-refractivity contribution in [3.63, 3.8) is 0 Å². The van der Waals surface area contributed by atoms with E-state index in [0.717, 1.165) is 55.4 Å². The summed E-state index contributed by atoms with van der Waals surface area (Å²) >= 11 is 0. The number of rotatable bonds is 6. The zero-order valence-corrected chi connectivity index (χ0v) is 27.3. The standard InChI is InChI=1S/C40H36N4O4/c1-23-28(11-8-12-34(23)44-21-25-19-26(40(2,3)4)13-15-29(25)38(44)46)30-17-18-32(37(41)45)36-35(30)31-16-14-27(20-33(31)43-36)42-39(47)48-22-24-9-6-5-7-10-24/h5-20,43H,21-22H2,1-4H3,(H2,41,45)(H,42,47). The number of nitrogens with one attached hydrogen (secondary N) is 2. The molecule has 0 unspecified atom stereocenters. The summed E-state index contributed by atoms with van der Waals surface area (Å²) in [7, 11) is 0. The lowest BCUT2D eigenvalue weighted by Gasteiger charge is -2.21. The lowest BCUT2D eigenvalue weighted by atomic mass is 9.85. The van der Waals surface area contributed by atoms with Gasteiger partial charge < -0.3 is 20.4 Å². The number of carbonyl (C=O) groups is 3. The normalized spacial score (nSPS) is 12.8. The molecular formula is C40H36N4O4. The number of primary amides is 1. The Bertz CT molecular complexity index is 2260. The SMILES string of the molecule is Cc1c(-c2ccc(C(N)=O)c3[nH]c4cc(NC(=O)OCc5ccccc5)ccc4c23)cccc1N1Cc2cc(C(C)(C)C)ccc2C1=O. The molecule has 2 heterocycles. The molecular weight excluding hydrogens is 600 g/mol. The summed E-state index contributed by atoms with van der Waals surface area (Å²) in [6.07, 6.45) is -0.575. The van der Waals surface area contributed by atoms with Crippen LogP contribution in [0.2, 0.25) is 0 Å². The first-order valence-corrected chi connectivity index (χ1v) is 15.9. The molecule has 0 saturated carbocycles. The topological polar surface area (TPSA) is 118 Å². The molecule has 8 heteroatoms. The molecule has 1 aromatic heterocycles. The molecule has 1 aliphatic heterocycles. The second kappa shape index (κ2) is 11.7. The number of amides is 3. The number of ether oxygens (including phenoxy) is 1. The molecule has 48 heavy (non-hydrogen) atoms. The zero-order chi connectivity index (χ0) is 33.7. The van der Waals surface area contributed by atoms with Gasteiger partial charge in [-0.3, -0.25) is 14.9 Å². The Kier molecular flexibility index (Phi) is 7.51. The second-order valence-corrected chi connectivity index (χ2v) is 13.3. The number of anilines is 2. The van der Waals surface area contributed by atoms with Gasteiger partial charge in [0, 0.05) is 33.2 Å². The van der Waals surface area contributed by atoms with Gasteiger partial charge in [0.25, 0.3) is 11.8 Å². The summed E-state index contributed by atoms with van der Waals surface area (Å²) in [5, 5.41) is 4.47. The minimum absolute atomic E-state index is 0.0191. The molecule has 0 bridgehead atoms. The fourth-order valence-electron chi connectivity index (χ4n) is 6.59. The first-order valence-electron chi connectivity index (χ1n) is 15.9. The Hall–Kier alpha value is -5.89.